The van der Waals surface area contributed by atoms with Crippen LogP contribution in [0.25, 0.3) is 0 Å². The first-order valence-electron chi connectivity index (χ1n) is 6.20. The van der Waals surface area contributed by atoms with Crippen LogP contribution in [0.15, 0.2) is 53.6 Å². The molecule has 3 N–H and O–H groups in total. The fourth-order valence-corrected chi connectivity index (χ4v) is 1.66. The molecule has 0 unspecified atom stereocenters. The van der Waals surface area contributed by atoms with Crippen molar-refractivity contribution in [2.45, 2.75) is 6.61 Å². The smallest absolute Gasteiger partial charge is 0.332 e. The lowest BCUT2D eigenvalue weighted by molar-refractivity contribution is 0.249. The molecular weight excluding hydrogens is 273 g/mol. The number of ether oxygens (including phenoxy) is 1. The Morgan fingerprint density at radius 2 is 1.95 bits per heavy atom. The van der Waals surface area contributed by atoms with E-state index in [1.165, 1.54) is 12.3 Å². The predicted molar refractivity (Wildman–Crippen MR) is 77.5 cm³/mol. The van der Waals surface area contributed by atoms with Gasteiger partial charge in [-0.15, -0.1) is 0 Å². The van der Waals surface area contributed by atoms with Crippen LogP contribution in [0.5, 0.6) is 5.75 Å². The van der Waals surface area contributed by atoms with Gasteiger partial charge in [-0.25, -0.2) is 14.6 Å². The van der Waals surface area contributed by atoms with Gasteiger partial charge in [0.1, 0.15) is 18.2 Å². The first-order valence-corrected chi connectivity index (χ1v) is 6.20. The number of carbonyl (C=O) groups excluding carboxylic acids is 1. The molecule has 0 atom stereocenters. The van der Waals surface area contributed by atoms with Crippen molar-refractivity contribution in [3.63, 3.8) is 0 Å². The molecule has 2 aromatic rings. The van der Waals surface area contributed by atoms with Crippen LogP contribution in [0.4, 0.5) is 9.18 Å². The van der Waals surface area contributed by atoms with E-state index in [-0.39, 0.29) is 12.4 Å². The third-order valence-electron chi connectivity index (χ3n) is 2.64. The monoisotopic (exact) mass is 287 g/mol. The molecule has 0 aliphatic carbocycles. The Kier molecular flexibility index (Phi) is 4.87. The number of primary amides is 1. The fourth-order valence-electron chi connectivity index (χ4n) is 1.66. The van der Waals surface area contributed by atoms with Gasteiger partial charge in [0.15, 0.2) is 0 Å². The highest BCUT2D eigenvalue weighted by molar-refractivity contribution is 5.84. The van der Waals surface area contributed by atoms with Gasteiger partial charge in [-0.1, -0.05) is 30.3 Å². The van der Waals surface area contributed by atoms with Gasteiger partial charge in [0.25, 0.3) is 0 Å². The molecule has 6 heteroatoms. The molecule has 0 aliphatic rings. The highest BCUT2D eigenvalue weighted by Crippen LogP contribution is 2.18. The first kappa shape index (κ1) is 14.5. The number of nitrogens with one attached hydrogen (secondary N) is 1. The summed E-state index contributed by atoms with van der Waals surface area (Å²) in [5, 5.41) is 3.67. The number of carbonyl (C=O) groups is 1. The van der Waals surface area contributed by atoms with E-state index in [1.54, 1.807) is 42.5 Å². The summed E-state index contributed by atoms with van der Waals surface area (Å²) >= 11 is 0. The van der Waals surface area contributed by atoms with E-state index < -0.39 is 6.03 Å². The lowest BCUT2D eigenvalue weighted by Crippen LogP contribution is -2.24. The second-order valence-electron chi connectivity index (χ2n) is 4.15. The topological polar surface area (TPSA) is 76.7 Å². The van der Waals surface area contributed by atoms with E-state index in [1.807, 2.05) is 0 Å². The van der Waals surface area contributed by atoms with Crippen molar-refractivity contribution in [3.05, 3.63) is 65.5 Å². The van der Waals surface area contributed by atoms with Crippen molar-refractivity contribution < 1.29 is 13.9 Å². The summed E-state index contributed by atoms with van der Waals surface area (Å²) in [5.74, 6) is 0.204. The average molecular weight is 287 g/mol. The van der Waals surface area contributed by atoms with Crippen LogP contribution in [-0.2, 0) is 6.61 Å². The lowest BCUT2D eigenvalue weighted by Gasteiger charge is -2.09. The van der Waals surface area contributed by atoms with Gasteiger partial charge in [0, 0.05) is 11.1 Å². The van der Waals surface area contributed by atoms with Crippen molar-refractivity contribution in [1.29, 1.82) is 0 Å². The Labute approximate surface area is 121 Å². The zero-order chi connectivity index (χ0) is 15.1. The normalized spacial score (nSPS) is 10.5. The molecule has 2 amide bonds. The van der Waals surface area contributed by atoms with E-state index in [0.29, 0.717) is 16.9 Å². The number of benzene rings is 2. The number of hydrogen-bond acceptors (Lipinski definition) is 3. The van der Waals surface area contributed by atoms with Gasteiger partial charge in [0.2, 0.25) is 0 Å². The molecule has 0 aromatic heterocycles. The van der Waals surface area contributed by atoms with E-state index in [9.17, 15) is 9.18 Å². The third-order valence-corrected chi connectivity index (χ3v) is 2.64. The van der Waals surface area contributed by atoms with Crippen LogP contribution in [-0.4, -0.2) is 12.2 Å². The summed E-state index contributed by atoms with van der Waals surface area (Å²) in [7, 11) is 0. The van der Waals surface area contributed by atoms with Gasteiger partial charge >= 0.3 is 6.03 Å². The number of hydrazone groups is 1. The fraction of sp³-hybridized carbons (Fsp3) is 0.0667. The second kappa shape index (κ2) is 7.04. The minimum Gasteiger partial charge on any atom is -0.488 e. The summed E-state index contributed by atoms with van der Waals surface area (Å²) in [6, 6.07) is 12.7. The number of urea groups is 1. The second-order valence-corrected chi connectivity index (χ2v) is 4.15. The molecule has 2 aromatic carbocycles. The number of hydrogen-bond donors (Lipinski definition) is 2. The number of amides is 2. The Morgan fingerprint density at radius 1 is 1.24 bits per heavy atom. The van der Waals surface area contributed by atoms with Crippen LogP contribution < -0.4 is 15.9 Å². The zero-order valence-corrected chi connectivity index (χ0v) is 11.1. The number of nitrogens with two attached hydrogens (primary N) is 1. The molecule has 5 nitrogen and oxygen atoms in total. The SMILES string of the molecule is NC(=O)NN=Cc1ccccc1OCc1ccccc1F. The maximum Gasteiger partial charge on any atom is 0.332 e. The van der Waals surface area contributed by atoms with Crippen molar-refractivity contribution in [3.8, 4) is 5.75 Å². The predicted octanol–water partition coefficient (Wildman–Crippen LogP) is 2.41. The van der Waals surface area contributed by atoms with E-state index in [0.717, 1.165) is 0 Å². The number of halogens is 1. The van der Waals surface area contributed by atoms with E-state index in [4.69, 9.17) is 10.5 Å². The number of rotatable bonds is 5. The maximum absolute atomic E-state index is 13.5. The standard InChI is InChI=1S/C15H14FN3O2/c16-13-7-3-1-6-12(13)10-21-14-8-4-2-5-11(14)9-18-19-15(17)20/h1-9H,10H2,(H3,17,19,20). The summed E-state index contributed by atoms with van der Waals surface area (Å²) in [6.45, 7) is 0.0980. The van der Waals surface area contributed by atoms with Crippen LogP contribution >= 0.6 is 0 Å². The minimum atomic E-state index is -0.754. The Bertz CT molecular complexity index is 659. The highest BCUT2D eigenvalue weighted by atomic mass is 19.1. The molecule has 0 radical (unpaired) electrons. The third kappa shape index (κ3) is 4.31. The van der Waals surface area contributed by atoms with Gasteiger partial charge in [-0.2, -0.15) is 5.10 Å². The summed E-state index contributed by atoms with van der Waals surface area (Å²) < 4.78 is 19.1. The highest BCUT2D eigenvalue weighted by Gasteiger charge is 2.04. The van der Waals surface area contributed by atoms with Crippen LogP contribution in [0.2, 0.25) is 0 Å². The molecule has 0 spiro atoms. The van der Waals surface area contributed by atoms with Crippen molar-refractivity contribution in [1.82, 2.24) is 5.43 Å². The van der Waals surface area contributed by atoms with Gasteiger partial charge in [-0.05, 0) is 18.2 Å². The molecule has 21 heavy (non-hydrogen) atoms. The zero-order valence-electron chi connectivity index (χ0n) is 11.1. The molecule has 0 saturated carbocycles. The molecular formula is C15H14FN3O2. The van der Waals surface area contributed by atoms with Crippen molar-refractivity contribution in [2.24, 2.45) is 10.8 Å². The van der Waals surface area contributed by atoms with Gasteiger partial charge < -0.3 is 10.5 Å². The number of para-hydroxylation sites is 1. The van der Waals surface area contributed by atoms with Crippen molar-refractivity contribution >= 4 is 12.2 Å². The van der Waals surface area contributed by atoms with E-state index in [2.05, 4.69) is 10.5 Å². The molecule has 0 bridgehead atoms. The molecule has 0 aliphatic heterocycles. The average Bonchev–Trinajstić information content (AvgIpc) is 2.47. The summed E-state index contributed by atoms with van der Waals surface area (Å²) in [4.78, 5) is 10.5. The van der Waals surface area contributed by atoms with Gasteiger partial charge in [0.05, 0.1) is 6.21 Å². The lowest BCUT2D eigenvalue weighted by atomic mass is 10.2. The van der Waals surface area contributed by atoms with Gasteiger partial charge in [-0.3, -0.25) is 0 Å². The largest absolute Gasteiger partial charge is 0.488 e. The summed E-state index contributed by atoms with van der Waals surface area (Å²) in [6.07, 6.45) is 1.40. The van der Waals surface area contributed by atoms with Crippen molar-refractivity contribution in [2.75, 3.05) is 0 Å². The maximum atomic E-state index is 13.5. The first-order chi connectivity index (χ1) is 10.2. The Balaban J connectivity index is 2.08. The summed E-state index contributed by atoms with van der Waals surface area (Å²) in [5.41, 5.74) is 8.11. The van der Waals surface area contributed by atoms with E-state index >= 15 is 0 Å². The number of nitrogens with zero attached hydrogens (tertiary/aromatic N) is 1. The quantitative estimate of drug-likeness (QED) is 0.654. The van der Waals surface area contributed by atoms with Crippen LogP contribution in [0.3, 0.4) is 0 Å². The Morgan fingerprint density at radius 3 is 2.71 bits per heavy atom. The molecule has 108 valence electrons. The molecule has 2 rings (SSSR count). The molecule has 0 heterocycles. The van der Waals surface area contributed by atoms with Crippen LogP contribution in [0.1, 0.15) is 11.1 Å². The van der Waals surface area contributed by atoms with Crippen LogP contribution in [0, 0.1) is 5.82 Å². The Hall–Kier alpha value is -2.89. The molecule has 0 saturated heterocycles. The minimum absolute atomic E-state index is 0.0980. The molecule has 0 fully saturated rings.